The molecule has 3 unspecified atom stereocenters. The van der Waals surface area contributed by atoms with Crippen molar-refractivity contribution < 1.29 is 9.90 Å². The van der Waals surface area contributed by atoms with Crippen molar-refractivity contribution >= 4 is 16.9 Å². The maximum Gasteiger partial charge on any atom is 0.225 e. The minimum absolute atomic E-state index is 0.167. The van der Waals surface area contributed by atoms with E-state index < -0.39 is 5.60 Å². The fraction of sp³-hybridized carbons (Fsp3) is 0.458. The number of amides is 1. The van der Waals surface area contributed by atoms with Gasteiger partial charge < -0.3 is 10.0 Å². The molecule has 2 aliphatic carbocycles. The molecule has 0 radical (unpaired) electrons. The Bertz CT molecular complexity index is 1080. The Hall–Kier alpha value is -2.73. The molecule has 2 saturated carbocycles. The Balaban J connectivity index is 1.34. The van der Waals surface area contributed by atoms with E-state index in [2.05, 4.69) is 27.3 Å². The average molecular weight is 402 g/mol. The molecule has 3 heterocycles. The lowest BCUT2D eigenvalue weighted by Crippen LogP contribution is -2.65. The number of fused-ring (bicyclic) bond motifs is 1. The molecule has 30 heavy (non-hydrogen) atoms. The third kappa shape index (κ3) is 2.85. The maximum atomic E-state index is 13.6. The standard InChI is InChI=1S/C24H26N4O2/c29-23(27-18-10-16-11-19(27)15-24(30,13-16)14-18)12-22(17-6-2-1-3-7-17)28-21-9-5-4-8-20(21)25-26-28/h1-9,16,18-19,22,30H,10-15H2. The summed E-state index contributed by atoms with van der Waals surface area (Å²) in [6.07, 6.45) is 4.80. The summed E-state index contributed by atoms with van der Waals surface area (Å²) >= 11 is 0. The lowest BCUT2D eigenvalue weighted by Gasteiger charge is -2.59. The first-order valence-corrected chi connectivity index (χ1v) is 11.0. The fourth-order valence-corrected chi connectivity index (χ4v) is 6.40. The minimum Gasteiger partial charge on any atom is -0.390 e. The number of aliphatic hydroxyl groups is 1. The Morgan fingerprint density at radius 3 is 2.47 bits per heavy atom. The van der Waals surface area contributed by atoms with Gasteiger partial charge in [-0.25, -0.2) is 4.68 Å². The third-order valence-electron chi connectivity index (χ3n) is 7.41. The number of carbonyl (C=O) groups is 1. The first-order valence-electron chi connectivity index (χ1n) is 11.0. The normalized spacial score (nSPS) is 30.7. The van der Waals surface area contributed by atoms with Crippen molar-refractivity contribution in [3.63, 3.8) is 0 Å². The van der Waals surface area contributed by atoms with Crippen LogP contribution in [0.15, 0.2) is 54.6 Å². The predicted octanol–water partition coefficient (Wildman–Crippen LogP) is 3.32. The first-order chi connectivity index (χ1) is 14.6. The molecule has 2 aliphatic heterocycles. The van der Waals surface area contributed by atoms with Crippen LogP contribution in [0, 0.1) is 5.92 Å². The van der Waals surface area contributed by atoms with Gasteiger partial charge in [0, 0.05) is 12.1 Å². The van der Waals surface area contributed by atoms with Gasteiger partial charge in [0.1, 0.15) is 5.52 Å². The van der Waals surface area contributed by atoms with Gasteiger partial charge in [-0.3, -0.25) is 4.79 Å². The number of carbonyl (C=O) groups excluding carboxylic acids is 1. The highest BCUT2D eigenvalue weighted by Gasteiger charge is 2.55. The minimum atomic E-state index is -0.547. The van der Waals surface area contributed by atoms with Gasteiger partial charge in [-0.1, -0.05) is 47.7 Å². The SMILES string of the molecule is O=C(CC(c1ccccc1)n1nnc2ccccc21)N1C2CC3CC1CC(O)(C3)C2. The van der Waals surface area contributed by atoms with Gasteiger partial charge in [-0.05, 0) is 55.7 Å². The molecule has 1 amide bonds. The van der Waals surface area contributed by atoms with Crippen molar-refractivity contribution in [1.82, 2.24) is 19.9 Å². The van der Waals surface area contributed by atoms with Gasteiger partial charge >= 0.3 is 0 Å². The van der Waals surface area contributed by atoms with E-state index in [-0.39, 0.29) is 24.0 Å². The highest BCUT2D eigenvalue weighted by atomic mass is 16.3. The average Bonchev–Trinajstić information content (AvgIpc) is 3.15. The van der Waals surface area contributed by atoms with Crippen LogP contribution in [0.1, 0.15) is 50.1 Å². The molecule has 1 aromatic heterocycles. The Morgan fingerprint density at radius 1 is 1.03 bits per heavy atom. The van der Waals surface area contributed by atoms with E-state index in [1.165, 1.54) is 0 Å². The summed E-state index contributed by atoms with van der Waals surface area (Å²) in [5.74, 6) is 0.738. The molecule has 4 aliphatic rings. The third-order valence-corrected chi connectivity index (χ3v) is 7.41. The summed E-state index contributed by atoms with van der Waals surface area (Å²) in [4.78, 5) is 15.7. The number of piperidine rings is 2. The summed E-state index contributed by atoms with van der Waals surface area (Å²) in [6, 6.07) is 18.2. The highest BCUT2D eigenvalue weighted by Crippen LogP contribution is 2.51. The molecule has 3 atom stereocenters. The van der Waals surface area contributed by atoms with Crippen LogP contribution < -0.4 is 0 Å². The number of rotatable bonds is 4. The van der Waals surface area contributed by atoms with Crippen LogP contribution in [0.4, 0.5) is 0 Å². The highest BCUT2D eigenvalue weighted by molar-refractivity contribution is 5.79. The quantitative estimate of drug-likeness (QED) is 0.727. The summed E-state index contributed by atoms with van der Waals surface area (Å²) in [5.41, 5.74) is 2.29. The van der Waals surface area contributed by atoms with Gasteiger partial charge in [0.05, 0.1) is 23.6 Å². The van der Waals surface area contributed by atoms with Gasteiger partial charge in [0.15, 0.2) is 0 Å². The molecule has 4 bridgehead atoms. The number of aromatic nitrogens is 3. The van der Waals surface area contributed by atoms with Crippen LogP contribution in [-0.2, 0) is 4.79 Å². The Labute approximate surface area is 175 Å². The second kappa shape index (κ2) is 6.64. The zero-order valence-electron chi connectivity index (χ0n) is 16.9. The molecule has 4 fully saturated rings. The van der Waals surface area contributed by atoms with Gasteiger partial charge in [-0.2, -0.15) is 0 Å². The predicted molar refractivity (Wildman–Crippen MR) is 113 cm³/mol. The second-order valence-electron chi connectivity index (χ2n) is 9.44. The van der Waals surface area contributed by atoms with E-state index in [0.717, 1.165) is 48.7 Å². The molecular weight excluding hydrogens is 376 g/mol. The van der Waals surface area contributed by atoms with Crippen LogP contribution in [0.25, 0.3) is 11.0 Å². The van der Waals surface area contributed by atoms with E-state index >= 15 is 0 Å². The van der Waals surface area contributed by atoms with Gasteiger partial charge in [-0.15, -0.1) is 5.10 Å². The lowest BCUT2D eigenvalue weighted by molar-refractivity contribution is -0.175. The molecule has 2 saturated heterocycles. The van der Waals surface area contributed by atoms with E-state index in [4.69, 9.17) is 0 Å². The number of benzene rings is 2. The summed E-state index contributed by atoms with van der Waals surface area (Å²) in [6.45, 7) is 0. The molecule has 154 valence electrons. The molecule has 6 nitrogen and oxygen atoms in total. The van der Waals surface area contributed by atoms with Crippen molar-refractivity contribution in [2.24, 2.45) is 5.92 Å². The monoisotopic (exact) mass is 402 g/mol. The lowest BCUT2D eigenvalue weighted by atomic mass is 9.61. The van der Waals surface area contributed by atoms with E-state index in [0.29, 0.717) is 12.3 Å². The number of hydrogen-bond acceptors (Lipinski definition) is 4. The Morgan fingerprint density at radius 2 is 1.73 bits per heavy atom. The van der Waals surface area contributed by atoms with Crippen molar-refractivity contribution in [3.8, 4) is 0 Å². The smallest absolute Gasteiger partial charge is 0.225 e. The zero-order valence-corrected chi connectivity index (χ0v) is 16.9. The molecule has 1 N–H and O–H groups in total. The van der Waals surface area contributed by atoms with Crippen LogP contribution in [0.3, 0.4) is 0 Å². The van der Waals surface area contributed by atoms with E-state index in [9.17, 15) is 9.90 Å². The Kier molecular flexibility index (Phi) is 4.00. The van der Waals surface area contributed by atoms with Crippen LogP contribution in [-0.4, -0.2) is 48.6 Å². The maximum absolute atomic E-state index is 13.6. The van der Waals surface area contributed by atoms with Crippen LogP contribution in [0.2, 0.25) is 0 Å². The van der Waals surface area contributed by atoms with Crippen LogP contribution >= 0.6 is 0 Å². The number of para-hydroxylation sites is 1. The summed E-state index contributed by atoms with van der Waals surface area (Å²) < 4.78 is 1.90. The molecule has 3 aromatic rings. The zero-order chi connectivity index (χ0) is 20.3. The van der Waals surface area contributed by atoms with Crippen molar-refractivity contribution in [2.75, 3.05) is 0 Å². The van der Waals surface area contributed by atoms with Crippen molar-refractivity contribution in [2.45, 2.75) is 62.3 Å². The largest absolute Gasteiger partial charge is 0.390 e. The molecule has 2 aromatic carbocycles. The molecule has 6 heteroatoms. The summed E-state index contributed by atoms with van der Waals surface area (Å²) in [5, 5.41) is 19.6. The molecular formula is C24H26N4O2. The fourth-order valence-electron chi connectivity index (χ4n) is 6.40. The van der Waals surface area contributed by atoms with Crippen molar-refractivity contribution in [3.05, 3.63) is 60.2 Å². The summed E-state index contributed by atoms with van der Waals surface area (Å²) in [7, 11) is 0. The van der Waals surface area contributed by atoms with E-state index in [1.54, 1.807) is 0 Å². The van der Waals surface area contributed by atoms with Crippen molar-refractivity contribution in [1.29, 1.82) is 0 Å². The topological polar surface area (TPSA) is 71.2 Å². The molecule has 0 spiro atoms. The second-order valence-corrected chi connectivity index (χ2v) is 9.44. The first kappa shape index (κ1) is 18.1. The molecule has 7 rings (SSSR count). The van der Waals surface area contributed by atoms with E-state index in [1.807, 2.05) is 47.1 Å². The number of nitrogens with zero attached hydrogens (tertiary/aromatic N) is 4. The van der Waals surface area contributed by atoms with Crippen LogP contribution in [0.5, 0.6) is 0 Å². The van der Waals surface area contributed by atoms with Gasteiger partial charge in [0.25, 0.3) is 0 Å². The number of hydrogen-bond donors (Lipinski definition) is 1. The van der Waals surface area contributed by atoms with Gasteiger partial charge in [0.2, 0.25) is 5.91 Å².